The van der Waals surface area contributed by atoms with Crippen LogP contribution < -0.4 is 15.5 Å². The van der Waals surface area contributed by atoms with E-state index in [0.29, 0.717) is 18.9 Å². The van der Waals surface area contributed by atoms with Crippen molar-refractivity contribution in [2.24, 2.45) is 5.92 Å². The van der Waals surface area contributed by atoms with E-state index in [1.165, 1.54) is 18.4 Å². The molecule has 4 rings (SSSR count). The van der Waals surface area contributed by atoms with E-state index in [0.717, 1.165) is 45.4 Å². The van der Waals surface area contributed by atoms with Gasteiger partial charge in [-0.05, 0) is 67.4 Å². The topological polar surface area (TPSA) is 62.8 Å². The maximum atomic E-state index is 11.8. The molecule has 1 aromatic carbocycles. The molecule has 1 aliphatic heterocycles. The minimum atomic E-state index is -0.429. The number of hydrogen-bond donors (Lipinski definition) is 2. The van der Waals surface area contributed by atoms with E-state index < -0.39 is 6.09 Å². The zero-order valence-electron chi connectivity index (χ0n) is 18.5. The predicted octanol–water partition coefficient (Wildman–Crippen LogP) is 5.08. The Bertz CT molecular complexity index is 978. The largest absolute Gasteiger partial charge is 0.488 e. The molecule has 1 unspecified atom stereocenters. The molecule has 1 amide bonds. The first-order valence-corrected chi connectivity index (χ1v) is 11.2. The summed E-state index contributed by atoms with van der Waals surface area (Å²) in [6.45, 7) is 4.48. The number of nitrogens with one attached hydrogen (secondary N) is 2. The van der Waals surface area contributed by atoms with Gasteiger partial charge >= 0.3 is 6.09 Å². The van der Waals surface area contributed by atoms with E-state index in [1.807, 2.05) is 32.0 Å². The second-order valence-corrected chi connectivity index (χ2v) is 8.78. The van der Waals surface area contributed by atoms with Crippen LogP contribution in [0.15, 0.2) is 51.9 Å². The van der Waals surface area contributed by atoms with Gasteiger partial charge in [0.05, 0.1) is 6.04 Å². The molecule has 1 atom stereocenters. The van der Waals surface area contributed by atoms with Crippen LogP contribution in [0.5, 0.6) is 5.75 Å². The van der Waals surface area contributed by atoms with Gasteiger partial charge < -0.3 is 19.8 Å². The SMILES string of the molecule is CNC(=O)OC1=C(COc2ccc(C3NN(C)C(Cl)=C3C)cc2C)C(C2CC2)=CCC1. The molecule has 31 heavy (non-hydrogen) atoms. The third-order valence-electron chi connectivity index (χ3n) is 6.14. The second-order valence-electron chi connectivity index (χ2n) is 8.42. The summed E-state index contributed by atoms with van der Waals surface area (Å²) < 4.78 is 11.8. The van der Waals surface area contributed by atoms with Gasteiger partial charge in [0.1, 0.15) is 23.3 Å². The van der Waals surface area contributed by atoms with Crippen molar-refractivity contribution >= 4 is 17.7 Å². The Balaban J connectivity index is 1.52. The van der Waals surface area contributed by atoms with Crippen molar-refractivity contribution in [1.29, 1.82) is 0 Å². The van der Waals surface area contributed by atoms with Crippen LogP contribution in [-0.4, -0.2) is 31.8 Å². The number of carbonyl (C=O) groups is 1. The van der Waals surface area contributed by atoms with Crippen LogP contribution in [0.3, 0.4) is 0 Å². The van der Waals surface area contributed by atoms with Crippen LogP contribution >= 0.6 is 11.6 Å². The molecule has 0 aromatic heterocycles. The first kappa shape index (κ1) is 21.8. The number of halogens is 1. The molecule has 7 heteroatoms. The number of nitrogens with zero attached hydrogens (tertiary/aromatic N) is 1. The summed E-state index contributed by atoms with van der Waals surface area (Å²) in [4.78, 5) is 11.8. The van der Waals surface area contributed by atoms with Crippen molar-refractivity contribution in [1.82, 2.24) is 15.8 Å². The number of carbonyl (C=O) groups excluding carboxylic acids is 1. The highest BCUT2D eigenvalue weighted by Crippen LogP contribution is 2.44. The Labute approximate surface area is 188 Å². The van der Waals surface area contributed by atoms with Crippen molar-refractivity contribution in [2.45, 2.75) is 45.6 Å². The second kappa shape index (κ2) is 8.97. The van der Waals surface area contributed by atoms with Crippen molar-refractivity contribution in [2.75, 3.05) is 20.7 Å². The molecule has 2 aliphatic carbocycles. The van der Waals surface area contributed by atoms with Gasteiger partial charge in [-0.1, -0.05) is 29.8 Å². The molecule has 1 saturated carbocycles. The Morgan fingerprint density at radius 2 is 2.10 bits per heavy atom. The van der Waals surface area contributed by atoms with Gasteiger partial charge in [0.15, 0.2) is 0 Å². The lowest BCUT2D eigenvalue weighted by molar-refractivity contribution is 0.172. The van der Waals surface area contributed by atoms with Gasteiger partial charge in [-0.25, -0.2) is 10.2 Å². The molecule has 0 saturated heterocycles. The van der Waals surface area contributed by atoms with Crippen molar-refractivity contribution in [3.63, 3.8) is 0 Å². The Morgan fingerprint density at radius 1 is 1.32 bits per heavy atom. The first-order chi connectivity index (χ1) is 14.9. The van der Waals surface area contributed by atoms with Gasteiger partial charge in [0, 0.05) is 26.1 Å². The zero-order chi connectivity index (χ0) is 22.1. The summed E-state index contributed by atoms with van der Waals surface area (Å²) >= 11 is 6.34. The predicted molar refractivity (Wildman–Crippen MR) is 121 cm³/mol. The number of rotatable bonds is 6. The van der Waals surface area contributed by atoms with E-state index in [4.69, 9.17) is 21.1 Å². The molecule has 6 nitrogen and oxygen atoms in total. The quantitative estimate of drug-likeness (QED) is 0.600. The van der Waals surface area contributed by atoms with E-state index in [2.05, 4.69) is 29.0 Å². The summed E-state index contributed by atoms with van der Waals surface area (Å²) in [5, 5.41) is 5.12. The van der Waals surface area contributed by atoms with Gasteiger partial charge in [-0.3, -0.25) is 0 Å². The molecular formula is C24H30ClN3O3. The Hall–Kier alpha value is -2.44. The summed E-state index contributed by atoms with van der Waals surface area (Å²) in [6.07, 6.45) is 5.84. The maximum absolute atomic E-state index is 11.8. The number of aryl methyl sites for hydroxylation is 1. The Morgan fingerprint density at radius 3 is 2.71 bits per heavy atom. The standard InChI is InChI=1S/C24H30ClN3O3/c1-14-12-17(22-15(2)23(25)28(4)27-22)10-11-20(14)30-13-19-18(16-8-9-16)6-5-7-21(19)31-24(29)26-3/h6,10-12,16,22,27H,5,7-9,13H2,1-4H3,(H,26,29). The lowest BCUT2D eigenvalue weighted by atomic mass is 9.93. The molecule has 0 radical (unpaired) electrons. The fourth-order valence-electron chi connectivity index (χ4n) is 4.26. The van der Waals surface area contributed by atoms with E-state index in [9.17, 15) is 4.79 Å². The lowest BCUT2D eigenvalue weighted by Crippen LogP contribution is -2.28. The smallest absolute Gasteiger partial charge is 0.412 e. The average Bonchev–Trinajstić information content (AvgIpc) is 3.57. The zero-order valence-corrected chi connectivity index (χ0v) is 19.3. The molecule has 1 heterocycles. The van der Waals surface area contributed by atoms with E-state index in [1.54, 1.807) is 7.05 Å². The molecule has 3 aliphatic rings. The average molecular weight is 444 g/mol. The van der Waals surface area contributed by atoms with Crippen LogP contribution in [0.25, 0.3) is 0 Å². The van der Waals surface area contributed by atoms with Crippen LogP contribution in [0.4, 0.5) is 4.79 Å². The maximum Gasteiger partial charge on any atom is 0.412 e. The molecule has 0 spiro atoms. The summed E-state index contributed by atoms with van der Waals surface area (Å²) in [5.74, 6) is 2.12. The lowest BCUT2D eigenvalue weighted by Gasteiger charge is -2.23. The third kappa shape index (κ3) is 4.60. The van der Waals surface area contributed by atoms with Crippen molar-refractivity contribution in [3.8, 4) is 5.75 Å². The Kier molecular flexibility index (Phi) is 6.30. The molecule has 1 fully saturated rings. The number of amides is 1. The number of alkyl carbamates (subject to hydrolysis) is 1. The van der Waals surface area contributed by atoms with Gasteiger partial charge in [0.2, 0.25) is 0 Å². The first-order valence-electron chi connectivity index (χ1n) is 10.8. The van der Waals surface area contributed by atoms with Crippen LogP contribution in [0.1, 0.15) is 49.8 Å². The molecule has 2 N–H and O–H groups in total. The van der Waals surface area contributed by atoms with Crippen LogP contribution in [-0.2, 0) is 4.74 Å². The van der Waals surface area contributed by atoms with Crippen molar-refractivity contribution < 1.29 is 14.3 Å². The van der Waals surface area contributed by atoms with Crippen molar-refractivity contribution in [3.05, 3.63) is 63.0 Å². The highest BCUT2D eigenvalue weighted by atomic mass is 35.5. The number of ether oxygens (including phenoxy) is 2. The number of hydrogen-bond acceptors (Lipinski definition) is 5. The molecular weight excluding hydrogens is 414 g/mol. The number of allylic oxidation sites excluding steroid dienone is 2. The molecule has 0 bridgehead atoms. The van der Waals surface area contributed by atoms with Crippen LogP contribution in [0.2, 0.25) is 0 Å². The van der Waals surface area contributed by atoms with E-state index >= 15 is 0 Å². The molecule has 1 aromatic rings. The summed E-state index contributed by atoms with van der Waals surface area (Å²) in [6, 6.07) is 6.27. The monoisotopic (exact) mass is 443 g/mol. The van der Waals surface area contributed by atoms with E-state index in [-0.39, 0.29) is 6.04 Å². The van der Waals surface area contributed by atoms with Gasteiger partial charge in [-0.2, -0.15) is 0 Å². The number of hydrazine groups is 1. The van der Waals surface area contributed by atoms with Gasteiger partial charge in [0.25, 0.3) is 0 Å². The normalized spacial score (nSPS) is 21.4. The summed E-state index contributed by atoms with van der Waals surface area (Å²) in [5.41, 5.74) is 8.97. The fraction of sp³-hybridized carbons (Fsp3) is 0.458. The minimum absolute atomic E-state index is 0.0586. The third-order valence-corrected chi connectivity index (χ3v) is 6.69. The molecule has 166 valence electrons. The van der Waals surface area contributed by atoms with Crippen LogP contribution in [0, 0.1) is 12.8 Å². The number of benzene rings is 1. The van der Waals surface area contributed by atoms with Gasteiger partial charge in [-0.15, -0.1) is 0 Å². The summed E-state index contributed by atoms with van der Waals surface area (Å²) in [7, 11) is 3.49. The highest BCUT2D eigenvalue weighted by molar-refractivity contribution is 6.29. The fourth-order valence-corrected chi connectivity index (χ4v) is 4.42. The minimum Gasteiger partial charge on any atom is -0.488 e. The highest BCUT2D eigenvalue weighted by Gasteiger charge is 2.32.